The van der Waals surface area contributed by atoms with Gasteiger partial charge in [-0.25, -0.2) is 0 Å². The molecule has 2 aliphatic rings. The highest BCUT2D eigenvalue weighted by atomic mass is 16.6. The predicted molar refractivity (Wildman–Crippen MR) is 89.6 cm³/mol. The Balaban J connectivity index is 1.80. The lowest BCUT2D eigenvalue weighted by Gasteiger charge is -2.39. The Morgan fingerprint density at radius 3 is 2.58 bits per heavy atom. The average molecular weight is 334 g/mol. The Labute approximate surface area is 142 Å². The van der Waals surface area contributed by atoms with Gasteiger partial charge in [0.2, 0.25) is 5.91 Å². The maximum absolute atomic E-state index is 12.8. The van der Waals surface area contributed by atoms with E-state index in [1.807, 2.05) is 4.90 Å². The second-order valence-corrected chi connectivity index (χ2v) is 8.67. The molecule has 1 saturated heterocycles. The molecule has 2 bridgehead atoms. The van der Waals surface area contributed by atoms with Crippen molar-refractivity contribution in [2.45, 2.75) is 66.5 Å². The summed E-state index contributed by atoms with van der Waals surface area (Å²) in [5.41, 5.74) is 1.25. The zero-order chi connectivity index (χ0) is 17.9. The third-order valence-corrected chi connectivity index (χ3v) is 5.55. The number of amides is 1. The Hall–Kier alpha value is -1.92. The Kier molecular flexibility index (Phi) is 3.73. The first-order chi connectivity index (χ1) is 11.0. The molecule has 0 N–H and O–H groups in total. The molecule has 0 unspecified atom stereocenters. The Bertz CT molecular complexity index is 709. The van der Waals surface area contributed by atoms with Crippen LogP contribution in [0.1, 0.15) is 51.4 Å². The SMILES string of the molecule is Cc1nn(CC(=O)N2C[C@@]3(C)C[C@@H]2CC(C)(C)C3)c(C)c1[N+](=O)[O-]. The number of likely N-dealkylation sites (tertiary alicyclic amines) is 1. The minimum atomic E-state index is -0.426. The summed E-state index contributed by atoms with van der Waals surface area (Å²) in [5.74, 6) is 0.0157. The van der Waals surface area contributed by atoms with E-state index in [9.17, 15) is 14.9 Å². The van der Waals surface area contributed by atoms with Crippen molar-refractivity contribution in [3.05, 3.63) is 21.5 Å². The molecule has 1 saturated carbocycles. The zero-order valence-corrected chi connectivity index (χ0v) is 15.1. The molecule has 0 aromatic carbocycles. The van der Waals surface area contributed by atoms with Crippen LogP contribution in [0.25, 0.3) is 0 Å². The minimum absolute atomic E-state index is 0.0102. The highest BCUT2D eigenvalue weighted by Gasteiger charge is 2.50. The molecule has 132 valence electrons. The Morgan fingerprint density at radius 1 is 1.33 bits per heavy atom. The number of fused-ring (bicyclic) bond motifs is 2. The number of hydrogen-bond acceptors (Lipinski definition) is 4. The molecule has 0 spiro atoms. The number of nitro groups is 1. The summed E-state index contributed by atoms with van der Waals surface area (Å²) in [6.07, 6.45) is 3.21. The van der Waals surface area contributed by atoms with Gasteiger partial charge in [0.05, 0.1) is 4.92 Å². The normalized spacial score (nSPS) is 28.2. The van der Waals surface area contributed by atoms with Gasteiger partial charge in [-0.05, 0) is 43.9 Å². The van der Waals surface area contributed by atoms with Gasteiger partial charge in [0, 0.05) is 12.6 Å². The molecule has 1 aromatic heterocycles. The van der Waals surface area contributed by atoms with E-state index in [0.717, 1.165) is 25.8 Å². The molecule has 1 amide bonds. The standard InChI is InChI=1S/C17H26N4O3/c1-11-15(21(23)24)12(2)20(18-11)8-14(22)19-10-17(5)7-13(19)6-16(3,4)9-17/h13H,6-10H2,1-5H3/t13-,17-/m0/s1. The van der Waals surface area contributed by atoms with Crippen molar-refractivity contribution >= 4 is 11.6 Å². The first-order valence-corrected chi connectivity index (χ1v) is 8.49. The number of aryl methyl sites for hydroxylation is 1. The Morgan fingerprint density at radius 2 is 2.00 bits per heavy atom. The van der Waals surface area contributed by atoms with Crippen molar-refractivity contribution in [2.24, 2.45) is 10.8 Å². The fourth-order valence-corrected chi connectivity index (χ4v) is 5.08. The van der Waals surface area contributed by atoms with Gasteiger partial charge in [-0.3, -0.25) is 19.6 Å². The van der Waals surface area contributed by atoms with Crippen LogP contribution >= 0.6 is 0 Å². The molecule has 1 aliphatic heterocycles. The predicted octanol–water partition coefficient (Wildman–Crippen LogP) is 2.84. The quantitative estimate of drug-likeness (QED) is 0.629. The van der Waals surface area contributed by atoms with Crippen LogP contribution in [0.15, 0.2) is 0 Å². The molecule has 0 radical (unpaired) electrons. The molecule has 2 fully saturated rings. The van der Waals surface area contributed by atoms with Gasteiger partial charge in [-0.2, -0.15) is 5.10 Å². The van der Waals surface area contributed by atoms with Gasteiger partial charge in [-0.1, -0.05) is 20.8 Å². The van der Waals surface area contributed by atoms with Gasteiger partial charge in [-0.15, -0.1) is 0 Å². The van der Waals surface area contributed by atoms with Crippen molar-refractivity contribution in [1.29, 1.82) is 0 Å². The van der Waals surface area contributed by atoms with E-state index in [1.54, 1.807) is 13.8 Å². The molecule has 7 nitrogen and oxygen atoms in total. The molecule has 7 heteroatoms. The van der Waals surface area contributed by atoms with E-state index in [0.29, 0.717) is 11.4 Å². The summed E-state index contributed by atoms with van der Waals surface area (Å²) in [7, 11) is 0. The number of aromatic nitrogens is 2. The van der Waals surface area contributed by atoms with E-state index in [-0.39, 0.29) is 35.0 Å². The number of hydrogen-bond donors (Lipinski definition) is 0. The highest BCUT2D eigenvalue weighted by Crippen LogP contribution is 2.52. The second-order valence-electron chi connectivity index (χ2n) is 8.67. The van der Waals surface area contributed by atoms with E-state index in [4.69, 9.17) is 0 Å². The third-order valence-electron chi connectivity index (χ3n) is 5.55. The van der Waals surface area contributed by atoms with Crippen LogP contribution in [0.4, 0.5) is 5.69 Å². The van der Waals surface area contributed by atoms with E-state index >= 15 is 0 Å². The topological polar surface area (TPSA) is 81.3 Å². The van der Waals surface area contributed by atoms with Crippen molar-refractivity contribution in [3.63, 3.8) is 0 Å². The van der Waals surface area contributed by atoms with Gasteiger partial charge >= 0.3 is 5.69 Å². The molecular formula is C17H26N4O3. The summed E-state index contributed by atoms with van der Waals surface area (Å²) in [6.45, 7) is 10.9. The first kappa shape index (κ1) is 16.9. The zero-order valence-electron chi connectivity index (χ0n) is 15.1. The van der Waals surface area contributed by atoms with Gasteiger partial charge < -0.3 is 4.90 Å². The summed E-state index contributed by atoms with van der Waals surface area (Å²) in [5, 5.41) is 15.3. The number of carbonyl (C=O) groups is 1. The molecule has 1 aromatic rings. The number of rotatable bonds is 3. The van der Waals surface area contributed by atoms with Crippen molar-refractivity contribution in [2.75, 3.05) is 6.54 Å². The largest absolute Gasteiger partial charge is 0.338 e. The van der Waals surface area contributed by atoms with Gasteiger partial charge in [0.25, 0.3) is 0 Å². The van der Waals surface area contributed by atoms with E-state index < -0.39 is 4.92 Å². The smallest absolute Gasteiger partial charge is 0.312 e. The van der Waals surface area contributed by atoms with Crippen LogP contribution in [0.2, 0.25) is 0 Å². The highest BCUT2D eigenvalue weighted by molar-refractivity contribution is 5.77. The van der Waals surface area contributed by atoms with Crippen molar-refractivity contribution in [1.82, 2.24) is 14.7 Å². The molecule has 3 rings (SSSR count). The monoisotopic (exact) mass is 334 g/mol. The lowest BCUT2D eigenvalue weighted by Crippen LogP contribution is -2.39. The lowest BCUT2D eigenvalue weighted by atomic mass is 9.65. The molecule has 2 atom stereocenters. The van der Waals surface area contributed by atoms with Crippen LogP contribution in [0.5, 0.6) is 0 Å². The maximum atomic E-state index is 12.8. The van der Waals surface area contributed by atoms with Crippen LogP contribution < -0.4 is 0 Å². The maximum Gasteiger partial charge on any atom is 0.312 e. The van der Waals surface area contributed by atoms with E-state index in [2.05, 4.69) is 25.9 Å². The van der Waals surface area contributed by atoms with Crippen LogP contribution in [-0.2, 0) is 11.3 Å². The third kappa shape index (κ3) is 2.80. The van der Waals surface area contributed by atoms with Gasteiger partial charge in [0.15, 0.2) is 0 Å². The molecule has 1 aliphatic carbocycles. The minimum Gasteiger partial charge on any atom is -0.338 e. The van der Waals surface area contributed by atoms with Crippen molar-refractivity contribution < 1.29 is 9.72 Å². The van der Waals surface area contributed by atoms with Crippen LogP contribution in [0, 0.1) is 34.8 Å². The van der Waals surface area contributed by atoms with Crippen LogP contribution in [0.3, 0.4) is 0 Å². The fourth-order valence-electron chi connectivity index (χ4n) is 5.08. The second kappa shape index (κ2) is 5.29. The summed E-state index contributed by atoms with van der Waals surface area (Å²) < 4.78 is 1.48. The van der Waals surface area contributed by atoms with Crippen molar-refractivity contribution in [3.8, 4) is 0 Å². The summed E-state index contributed by atoms with van der Waals surface area (Å²) in [6, 6.07) is 0.276. The summed E-state index contributed by atoms with van der Waals surface area (Å²) in [4.78, 5) is 25.5. The fraction of sp³-hybridized carbons (Fsp3) is 0.765. The lowest BCUT2D eigenvalue weighted by molar-refractivity contribution is -0.386. The average Bonchev–Trinajstić information content (AvgIpc) is 2.82. The van der Waals surface area contributed by atoms with Crippen LogP contribution in [-0.4, -0.2) is 38.1 Å². The molecule has 2 heterocycles. The van der Waals surface area contributed by atoms with Gasteiger partial charge in [0.1, 0.15) is 17.9 Å². The number of nitrogens with zero attached hydrogens (tertiary/aromatic N) is 4. The molecular weight excluding hydrogens is 308 g/mol. The summed E-state index contributed by atoms with van der Waals surface area (Å²) >= 11 is 0. The number of carbonyl (C=O) groups excluding carboxylic acids is 1. The first-order valence-electron chi connectivity index (χ1n) is 8.49. The van der Waals surface area contributed by atoms with E-state index in [1.165, 1.54) is 4.68 Å². The molecule has 24 heavy (non-hydrogen) atoms.